The van der Waals surface area contributed by atoms with E-state index in [1.165, 1.54) is 0 Å². The van der Waals surface area contributed by atoms with Crippen molar-refractivity contribution in [2.75, 3.05) is 11.4 Å². The van der Waals surface area contributed by atoms with Gasteiger partial charge in [-0.1, -0.05) is 19.4 Å². The number of amides is 1. The van der Waals surface area contributed by atoms with Crippen LogP contribution in [0.5, 0.6) is 0 Å². The number of carbonyl (C=O) groups excluding carboxylic acids is 1. The number of hydrogen-bond acceptors (Lipinski definition) is 3. The Kier molecular flexibility index (Phi) is 4.95. The summed E-state index contributed by atoms with van der Waals surface area (Å²) in [7, 11) is 0. The van der Waals surface area contributed by atoms with Gasteiger partial charge >= 0.3 is 0 Å². The zero-order chi connectivity index (χ0) is 14.7. The molecule has 20 heavy (non-hydrogen) atoms. The van der Waals surface area contributed by atoms with Gasteiger partial charge in [0.1, 0.15) is 5.92 Å². The van der Waals surface area contributed by atoms with Gasteiger partial charge in [0, 0.05) is 27.1 Å². The van der Waals surface area contributed by atoms with Crippen molar-refractivity contribution in [1.82, 2.24) is 0 Å². The van der Waals surface area contributed by atoms with Crippen molar-refractivity contribution in [1.29, 1.82) is 0 Å². The summed E-state index contributed by atoms with van der Waals surface area (Å²) >= 11 is 2.20. The predicted molar refractivity (Wildman–Crippen MR) is 85.3 cm³/mol. The SMILES string of the molecule is CCCCN(C(=O)[C@H]1C[C@@H]1[N+](=O)[O-])c1cccc(I)c1. The van der Waals surface area contributed by atoms with E-state index in [1.807, 2.05) is 24.3 Å². The van der Waals surface area contributed by atoms with Crippen LogP contribution in [0, 0.1) is 19.6 Å². The third-order valence-electron chi connectivity index (χ3n) is 3.47. The van der Waals surface area contributed by atoms with Crippen LogP contribution < -0.4 is 4.90 Å². The fraction of sp³-hybridized carbons (Fsp3) is 0.500. The summed E-state index contributed by atoms with van der Waals surface area (Å²) in [5.74, 6) is -0.554. The predicted octanol–water partition coefficient (Wildman–Crippen LogP) is 3.09. The van der Waals surface area contributed by atoms with E-state index in [9.17, 15) is 14.9 Å². The number of benzene rings is 1. The first-order valence-electron chi connectivity index (χ1n) is 6.75. The van der Waals surface area contributed by atoms with Crippen molar-refractivity contribution in [3.63, 3.8) is 0 Å². The van der Waals surface area contributed by atoms with E-state index in [4.69, 9.17) is 0 Å². The topological polar surface area (TPSA) is 63.5 Å². The molecule has 1 aliphatic carbocycles. The van der Waals surface area contributed by atoms with Gasteiger partial charge in [-0.15, -0.1) is 0 Å². The quantitative estimate of drug-likeness (QED) is 0.428. The molecular weight excluding hydrogens is 371 g/mol. The van der Waals surface area contributed by atoms with Crippen LogP contribution in [0.3, 0.4) is 0 Å². The summed E-state index contributed by atoms with van der Waals surface area (Å²) < 4.78 is 1.05. The molecule has 0 bridgehead atoms. The minimum atomic E-state index is -0.686. The Morgan fingerprint density at radius 2 is 2.30 bits per heavy atom. The summed E-state index contributed by atoms with van der Waals surface area (Å²) in [5.41, 5.74) is 0.837. The lowest BCUT2D eigenvalue weighted by Crippen LogP contribution is -2.34. The van der Waals surface area contributed by atoms with Crippen molar-refractivity contribution in [3.8, 4) is 0 Å². The van der Waals surface area contributed by atoms with Gasteiger partial charge in [0.15, 0.2) is 0 Å². The molecule has 1 amide bonds. The Balaban J connectivity index is 2.15. The Labute approximate surface area is 131 Å². The summed E-state index contributed by atoms with van der Waals surface area (Å²) in [6.45, 7) is 2.69. The van der Waals surface area contributed by atoms with Crippen molar-refractivity contribution < 1.29 is 9.72 Å². The fourth-order valence-electron chi connectivity index (χ4n) is 2.21. The van der Waals surface area contributed by atoms with Crippen LogP contribution in [-0.4, -0.2) is 23.4 Å². The van der Waals surface area contributed by atoms with Crippen LogP contribution in [0.15, 0.2) is 24.3 Å². The Bertz CT molecular complexity index is 521. The van der Waals surface area contributed by atoms with E-state index in [-0.39, 0.29) is 10.8 Å². The van der Waals surface area contributed by atoms with Gasteiger partial charge in [0.25, 0.3) is 0 Å². The molecule has 0 saturated heterocycles. The third kappa shape index (κ3) is 3.47. The molecule has 1 aromatic carbocycles. The average Bonchev–Trinajstić information content (AvgIpc) is 3.19. The van der Waals surface area contributed by atoms with Gasteiger partial charge in [0.05, 0.1) is 0 Å². The Hall–Kier alpha value is -1.18. The minimum Gasteiger partial charge on any atom is -0.312 e. The molecular formula is C14H17IN2O3. The first-order valence-corrected chi connectivity index (χ1v) is 7.83. The molecule has 1 saturated carbocycles. The highest BCUT2D eigenvalue weighted by atomic mass is 127. The van der Waals surface area contributed by atoms with Crippen molar-refractivity contribution in [2.24, 2.45) is 5.92 Å². The monoisotopic (exact) mass is 388 g/mol. The van der Waals surface area contributed by atoms with Crippen molar-refractivity contribution >= 4 is 34.2 Å². The molecule has 1 aromatic rings. The van der Waals surface area contributed by atoms with E-state index in [1.54, 1.807) is 4.90 Å². The molecule has 0 heterocycles. The highest BCUT2D eigenvalue weighted by Crippen LogP contribution is 2.36. The first kappa shape index (κ1) is 15.2. The second-order valence-electron chi connectivity index (χ2n) is 5.02. The first-order chi connectivity index (χ1) is 9.54. The summed E-state index contributed by atoms with van der Waals surface area (Å²) in [6, 6.07) is 7.01. The zero-order valence-electron chi connectivity index (χ0n) is 11.3. The van der Waals surface area contributed by atoms with E-state index >= 15 is 0 Å². The molecule has 5 nitrogen and oxygen atoms in total. The molecule has 108 valence electrons. The molecule has 0 unspecified atom stereocenters. The lowest BCUT2D eigenvalue weighted by atomic mass is 10.2. The van der Waals surface area contributed by atoms with Gasteiger partial charge < -0.3 is 4.90 Å². The maximum atomic E-state index is 12.5. The smallest absolute Gasteiger partial charge is 0.237 e. The molecule has 1 fully saturated rings. The molecule has 2 rings (SSSR count). The molecule has 0 spiro atoms. The number of rotatable bonds is 6. The third-order valence-corrected chi connectivity index (χ3v) is 4.14. The molecule has 1 aliphatic rings. The van der Waals surface area contributed by atoms with Gasteiger partial charge in [-0.3, -0.25) is 14.9 Å². The van der Waals surface area contributed by atoms with Crippen molar-refractivity contribution in [2.45, 2.75) is 32.2 Å². The molecule has 0 N–H and O–H groups in total. The highest BCUT2D eigenvalue weighted by molar-refractivity contribution is 14.1. The number of nitro groups is 1. The van der Waals surface area contributed by atoms with E-state index in [0.717, 1.165) is 22.1 Å². The average molecular weight is 388 g/mol. The number of halogens is 1. The second kappa shape index (κ2) is 6.51. The number of carbonyl (C=O) groups is 1. The van der Waals surface area contributed by atoms with Crippen LogP contribution in [0.25, 0.3) is 0 Å². The molecule has 0 aliphatic heterocycles. The molecule has 6 heteroatoms. The zero-order valence-corrected chi connectivity index (χ0v) is 13.4. The standard InChI is InChI=1S/C14H17IN2O3/c1-2-3-7-16(11-6-4-5-10(15)8-11)14(18)12-9-13(12)17(19)20/h4-6,8,12-13H,2-3,7,9H2,1H3/t12-,13-/m0/s1. The largest absolute Gasteiger partial charge is 0.312 e. The van der Waals surface area contributed by atoms with Crippen LogP contribution >= 0.6 is 22.6 Å². The number of anilines is 1. The van der Waals surface area contributed by atoms with Gasteiger partial charge in [-0.25, -0.2) is 0 Å². The van der Waals surface area contributed by atoms with Crippen LogP contribution in [0.4, 0.5) is 5.69 Å². The Morgan fingerprint density at radius 1 is 1.55 bits per heavy atom. The summed E-state index contributed by atoms with van der Waals surface area (Å²) in [5, 5.41) is 10.7. The highest BCUT2D eigenvalue weighted by Gasteiger charge is 2.54. The van der Waals surface area contributed by atoms with Crippen molar-refractivity contribution in [3.05, 3.63) is 37.9 Å². The van der Waals surface area contributed by atoms with E-state index in [2.05, 4.69) is 29.5 Å². The molecule has 0 aromatic heterocycles. The number of nitrogens with zero attached hydrogens (tertiary/aromatic N) is 2. The van der Waals surface area contributed by atoms with Crippen LogP contribution in [-0.2, 0) is 4.79 Å². The molecule has 2 atom stereocenters. The van der Waals surface area contributed by atoms with Gasteiger partial charge in [-0.05, 0) is 47.2 Å². The van der Waals surface area contributed by atoms with Crippen LogP contribution in [0.1, 0.15) is 26.2 Å². The summed E-state index contributed by atoms with van der Waals surface area (Å²) in [6.07, 6.45) is 2.25. The summed E-state index contributed by atoms with van der Waals surface area (Å²) in [4.78, 5) is 24.6. The second-order valence-corrected chi connectivity index (χ2v) is 6.26. The lowest BCUT2D eigenvalue weighted by molar-refractivity contribution is -0.497. The van der Waals surface area contributed by atoms with Gasteiger partial charge in [0.2, 0.25) is 11.9 Å². The fourth-order valence-corrected chi connectivity index (χ4v) is 2.73. The maximum Gasteiger partial charge on any atom is 0.237 e. The molecule has 0 radical (unpaired) electrons. The number of hydrogen-bond donors (Lipinski definition) is 0. The maximum absolute atomic E-state index is 12.5. The van der Waals surface area contributed by atoms with E-state index < -0.39 is 12.0 Å². The van der Waals surface area contributed by atoms with E-state index in [0.29, 0.717) is 13.0 Å². The lowest BCUT2D eigenvalue weighted by Gasteiger charge is -2.22. The number of unbranched alkanes of at least 4 members (excludes halogenated alkanes) is 1. The normalized spacial score (nSPS) is 20.5. The van der Waals surface area contributed by atoms with Crippen LogP contribution in [0.2, 0.25) is 0 Å². The minimum absolute atomic E-state index is 0.109. The Morgan fingerprint density at radius 3 is 2.85 bits per heavy atom. The van der Waals surface area contributed by atoms with Gasteiger partial charge in [-0.2, -0.15) is 0 Å².